The molecular weight excluding hydrogens is 314 g/mol. The summed E-state index contributed by atoms with van der Waals surface area (Å²) in [6, 6.07) is 15.2. The van der Waals surface area contributed by atoms with Crippen LogP contribution in [0.15, 0.2) is 60.9 Å². The van der Waals surface area contributed by atoms with E-state index in [0.717, 1.165) is 17.7 Å². The van der Waals surface area contributed by atoms with Crippen molar-refractivity contribution in [3.8, 4) is 0 Å². The number of amides is 1. The lowest BCUT2D eigenvalue weighted by atomic mass is 10.1. The summed E-state index contributed by atoms with van der Waals surface area (Å²) in [5, 5.41) is 14.1. The fourth-order valence-electron chi connectivity index (χ4n) is 2.38. The Morgan fingerprint density at radius 2 is 1.92 bits per heavy atom. The highest BCUT2D eigenvalue weighted by atomic mass is 16.1. The lowest BCUT2D eigenvalue weighted by molar-refractivity contribution is 0.0945. The molecule has 3 aromatic rings. The first-order valence-corrected chi connectivity index (χ1v) is 8.12. The van der Waals surface area contributed by atoms with Crippen molar-refractivity contribution in [3.05, 3.63) is 77.7 Å². The van der Waals surface area contributed by atoms with Gasteiger partial charge in [0.05, 0.1) is 0 Å². The number of carbonyl (C=O) groups excluding carboxylic acids is 1. The van der Waals surface area contributed by atoms with Gasteiger partial charge in [-0.25, -0.2) is 0 Å². The lowest BCUT2D eigenvalue weighted by Crippen LogP contribution is -2.24. The van der Waals surface area contributed by atoms with Crippen LogP contribution >= 0.6 is 0 Å². The summed E-state index contributed by atoms with van der Waals surface area (Å²) in [7, 11) is 0. The van der Waals surface area contributed by atoms with E-state index in [4.69, 9.17) is 0 Å². The van der Waals surface area contributed by atoms with Crippen LogP contribution in [-0.4, -0.2) is 21.1 Å². The maximum atomic E-state index is 12.1. The largest absolute Gasteiger partial charge is 0.347 e. The van der Waals surface area contributed by atoms with Gasteiger partial charge in [-0.1, -0.05) is 31.2 Å². The van der Waals surface area contributed by atoms with Crippen LogP contribution in [0.3, 0.4) is 0 Å². The van der Waals surface area contributed by atoms with Gasteiger partial charge in [-0.05, 0) is 41.8 Å². The zero-order chi connectivity index (χ0) is 17.5. The summed E-state index contributed by atoms with van der Waals surface area (Å²) in [5.41, 5.74) is 3.40. The number of pyridine rings is 1. The Kier molecular flexibility index (Phi) is 5.31. The number of para-hydroxylation sites is 1. The van der Waals surface area contributed by atoms with Gasteiger partial charge >= 0.3 is 0 Å². The molecule has 126 valence electrons. The van der Waals surface area contributed by atoms with Gasteiger partial charge in [-0.15, -0.1) is 10.2 Å². The lowest BCUT2D eigenvalue weighted by Gasteiger charge is -2.10. The standard InChI is InChI=1S/C19H19N5O/c1-2-15-7-3-4-8-16(15)22-18-10-9-17(23-24-18)19(25)21-13-14-6-5-11-20-12-14/h3-12H,2,13H2,1H3,(H,21,25)(H,22,24). The number of carbonyl (C=O) groups is 1. The first kappa shape index (κ1) is 16.6. The van der Waals surface area contributed by atoms with Crippen molar-refractivity contribution >= 4 is 17.4 Å². The number of hydrogen-bond donors (Lipinski definition) is 2. The van der Waals surface area contributed by atoms with Crippen LogP contribution in [0.1, 0.15) is 28.5 Å². The van der Waals surface area contributed by atoms with Crippen LogP contribution in [0.2, 0.25) is 0 Å². The molecule has 1 aromatic carbocycles. The molecule has 25 heavy (non-hydrogen) atoms. The van der Waals surface area contributed by atoms with Gasteiger partial charge in [0.25, 0.3) is 5.91 Å². The molecule has 1 amide bonds. The molecule has 2 aromatic heterocycles. The van der Waals surface area contributed by atoms with Crippen molar-refractivity contribution in [3.63, 3.8) is 0 Å². The van der Waals surface area contributed by atoms with Crippen molar-refractivity contribution in [2.24, 2.45) is 0 Å². The molecule has 6 heteroatoms. The number of nitrogens with one attached hydrogen (secondary N) is 2. The van der Waals surface area contributed by atoms with E-state index in [1.165, 1.54) is 5.56 Å². The minimum absolute atomic E-state index is 0.267. The number of aryl methyl sites for hydroxylation is 1. The summed E-state index contributed by atoms with van der Waals surface area (Å²) < 4.78 is 0. The minimum Gasteiger partial charge on any atom is -0.347 e. The third-order valence-corrected chi connectivity index (χ3v) is 3.73. The van der Waals surface area contributed by atoms with Gasteiger partial charge < -0.3 is 10.6 Å². The highest BCUT2D eigenvalue weighted by Crippen LogP contribution is 2.19. The van der Waals surface area contributed by atoms with E-state index in [0.29, 0.717) is 12.4 Å². The number of anilines is 2. The zero-order valence-corrected chi connectivity index (χ0v) is 13.9. The van der Waals surface area contributed by atoms with Crippen molar-refractivity contribution in [1.29, 1.82) is 0 Å². The predicted molar refractivity (Wildman–Crippen MR) is 96.5 cm³/mol. The fourth-order valence-corrected chi connectivity index (χ4v) is 2.38. The van der Waals surface area contributed by atoms with Gasteiger partial charge in [0.2, 0.25) is 0 Å². The third-order valence-electron chi connectivity index (χ3n) is 3.73. The molecule has 0 atom stereocenters. The maximum absolute atomic E-state index is 12.1. The summed E-state index contributed by atoms with van der Waals surface area (Å²) in [5.74, 6) is 0.335. The number of rotatable bonds is 6. The summed E-state index contributed by atoms with van der Waals surface area (Å²) in [4.78, 5) is 16.1. The van der Waals surface area contributed by atoms with Crippen LogP contribution < -0.4 is 10.6 Å². The average molecular weight is 333 g/mol. The second kappa shape index (κ2) is 8.01. The van der Waals surface area contributed by atoms with Gasteiger partial charge in [-0.3, -0.25) is 9.78 Å². The predicted octanol–water partition coefficient (Wildman–Crippen LogP) is 3.11. The van der Waals surface area contributed by atoms with Crippen molar-refractivity contribution in [2.75, 3.05) is 5.32 Å². The van der Waals surface area contributed by atoms with E-state index < -0.39 is 0 Å². The van der Waals surface area contributed by atoms with Crippen LogP contribution in [0.4, 0.5) is 11.5 Å². The van der Waals surface area contributed by atoms with Crippen LogP contribution in [0.5, 0.6) is 0 Å². The SMILES string of the molecule is CCc1ccccc1Nc1ccc(C(=O)NCc2cccnc2)nn1. The monoisotopic (exact) mass is 333 g/mol. The molecule has 0 saturated carbocycles. The molecule has 2 N–H and O–H groups in total. The molecule has 2 heterocycles. The summed E-state index contributed by atoms with van der Waals surface area (Å²) in [6.45, 7) is 2.50. The van der Waals surface area contributed by atoms with E-state index in [1.54, 1.807) is 24.5 Å². The Labute approximate surface area is 146 Å². The van der Waals surface area contributed by atoms with E-state index >= 15 is 0 Å². The molecule has 0 saturated heterocycles. The summed E-state index contributed by atoms with van der Waals surface area (Å²) >= 11 is 0. The van der Waals surface area contributed by atoms with Gasteiger partial charge in [0.15, 0.2) is 11.5 Å². The molecule has 0 fully saturated rings. The number of benzene rings is 1. The Bertz CT molecular complexity index is 834. The fraction of sp³-hybridized carbons (Fsp3) is 0.158. The molecule has 3 rings (SSSR count). The molecule has 0 bridgehead atoms. The van der Waals surface area contributed by atoms with Gasteiger partial charge in [-0.2, -0.15) is 0 Å². The number of hydrogen-bond acceptors (Lipinski definition) is 5. The Hall–Kier alpha value is -3.28. The molecule has 0 radical (unpaired) electrons. The Balaban J connectivity index is 1.62. The van der Waals surface area contributed by atoms with Crippen LogP contribution in [-0.2, 0) is 13.0 Å². The molecular formula is C19H19N5O. The molecule has 0 aliphatic heterocycles. The molecule has 0 spiro atoms. The zero-order valence-electron chi connectivity index (χ0n) is 13.9. The second-order valence-corrected chi connectivity index (χ2v) is 5.48. The second-order valence-electron chi connectivity index (χ2n) is 5.48. The molecule has 0 aliphatic rings. The normalized spacial score (nSPS) is 10.3. The maximum Gasteiger partial charge on any atom is 0.272 e. The number of nitrogens with zero attached hydrogens (tertiary/aromatic N) is 3. The Morgan fingerprint density at radius 3 is 2.64 bits per heavy atom. The van der Waals surface area contributed by atoms with Crippen molar-refractivity contribution in [2.45, 2.75) is 19.9 Å². The first-order chi connectivity index (χ1) is 12.3. The highest BCUT2D eigenvalue weighted by Gasteiger charge is 2.08. The molecule has 0 unspecified atom stereocenters. The quantitative estimate of drug-likeness (QED) is 0.724. The summed E-state index contributed by atoms with van der Waals surface area (Å²) in [6.07, 6.45) is 4.33. The van der Waals surface area contributed by atoms with E-state index in [1.807, 2.05) is 30.3 Å². The smallest absolute Gasteiger partial charge is 0.272 e. The van der Waals surface area contributed by atoms with Crippen LogP contribution in [0, 0.1) is 0 Å². The third kappa shape index (κ3) is 4.38. The van der Waals surface area contributed by atoms with Crippen LogP contribution in [0.25, 0.3) is 0 Å². The first-order valence-electron chi connectivity index (χ1n) is 8.12. The van der Waals surface area contributed by atoms with E-state index in [9.17, 15) is 4.79 Å². The molecule has 0 aliphatic carbocycles. The minimum atomic E-state index is -0.267. The van der Waals surface area contributed by atoms with Gasteiger partial charge in [0.1, 0.15) is 0 Å². The average Bonchev–Trinajstić information content (AvgIpc) is 2.68. The van der Waals surface area contributed by atoms with E-state index in [-0.39, 0.29) is 11.6 Å². The highest BCUT2D eigenvalue weighted by molar-refractivity contribution is 5.92. The van der Waals surface area contributed by atoms with Crippen molar-refractivity contribution in [1.82, 2.24) is 20.5 Å². The Morgan fingerprint density at radius 1 is 1.04 bits per heavy atom. The number of aromatic nitrogens is 3. The van der Waals surface area contributed by atoms with Crippen molar-refractivity contribution < 1.29 is 4.79 Å². The van der Waals surface area contributed by atoms with E-state index in [2.05, 4.69) is 38.8 Å². The van der Waals surface area contributed by atoms with Gasteiger partial charge in [0, 0.05) is 24.6 Å². The molecule has 6 nitrogen and oxygen atoms in total. The topological polar surface area (TPSA) is 79.8 Å².